The number of likely N-dealkylation sites (N-methyl/N-ethyl adjacent to an activating group) is 2. The van der Waals surface area contributed by atoms with Crippen LogP contribution in [0.15, 0.2) is 18.2 Å². The molecule has 0 bridgehead atoms. The number of halogens is 1. The van der Waals surface area contributed by atoms with Gasteiger partial charge < -0.3 is 10.2 Å². The lowest BCUT2D eigenvalue weighted by molar-refractivity contribution is 0.617. The zero-order valence-electron chi connectivity index (χ0n) is 12.0. The van der Waals surface area contributed by atoms with Gasteiger partial charge in [0.15, 0.2) is 0 Å². The largest absolute Gasteiger partial charge is 0.349 e. The number of aromatic nitrogens is 2. The molecule has 0 radical (unpaired) electrons. The SMILES string of the molecule is CNCCN(C)c1nc(Cc2ccc(F)c(C)c2)ns1. The van der Waals surface area contributed by atoms with E-state index in [-0.39, 0.29) is 5.82 Å². The maximum Gasteiger partial charge on any atom is 0.204 e. The Morgan fingerprint density at radius 2 is 2.20 bits per heavy atom. The topological polar surface area (TPSA) is 41.0 Å². The minimum Gasteiger partial charge on any atom is -0.349 e. The van der Waals surface area contributed by atoms with Crippen LogP contribution in [0.3, 0.4) is 0 Å². The molecule has 1 N–H and O–H groups in total. The van der Waals surface area contributed by atoms with Crippen LogP contribution in [-0.4, -0.2) is 36.5 Å². The van der Waals surface area contributed by atoms with Crippen molar-refractivity contribution < 1.29 is 4.39 Å². The van der Waals surface area contributed by atoms with Crippen LogP contribution in [0.5, 0.6) is 0 Å². The minimum absolute atomic E-state index is 0.174. The lowest BCUT2D eigenvalue weighted by Gasteiger charge is -2.13. The second-order valence-corrected chi connectivity index (χ2v) is 5.51. The Labute approximate surface area is 122 Å². The fourth-order valence-electron chi connectivity index (χ4n) is 1.85. The molecule has 2 aromatic rings. The summed E-state index contributed by atoms with van der Waals surface area (Å²) in [6.45, 7) is 3.56. The Balaban J connectivity index is 2.03. The first-order chi connectivity index (χ1) is 9.60. The van der Waals surface area contributed by atoms with Gasteiger partial charge in [-0.2, -0.15) is 4.37 Å². The molecule has 2 rings (SSSR count). The van der Waals surface area contributed by atoms with E-state index in [2.05, 4.69) is 19.6 Å². The van der Waals surface area contributed by atoms with Gasteiger partial charge in [-0.05, 0) is 31.2 Å². The van der Waals surface area contributed by atoms with Gasteiger partial charge in [0.05, 0.1) is 0 Å². The summed E-state index contributed by atoms with van der Waals surface area (Å²) in [4.78, 5) is 6.60. The Kier molecular flexibility index (Phi) is 5.03. The van der Waals surface area contributed by atoms with Gasteiger partial charge in [-0.15, -0.1) is 0 Å². The number of anilines is 1. The molecule has 0 spiro atoms. The predicted octanol–water partition coefficient (Wildman–Crippen LogP) is 2.23. The zero-order valence-corrected chi connectivity index (χ0v) is 12.8. The summed E-state index contributed by atoms with van der Waals surface area (Å²) in [5.41, 5.74) is 1.69. The molecule has 20 heavy (non-hydrogen) atoms. The molecule has 0 atom stereocenters. The molecular weight excluding hydrogens is 275 g/mol. The molecule has 0 saturated carbocycles. The van der Waals surface area contributed by atoms with Crippen molar-refractivity contribution in [2.45, 2.75) is 13.3 Å². The molecular formula is C14H19FN4S. The van der Waals surface area contributed by atoms with Gasteiger partial charge in [0.25, 0.3) is 0 Å². The number of nitrogens with one attached hydrogen (secondary N) is 1. The van der Waals surface area contributed by atoms with Gasteiger partial charge in [0, 0.05) is 38.1 Å². The summed E-state index contributed by atoms with van der Waals surface area (Å²) >= 11 is 1.40. The van der Waals surface area contributed by atoms with Crippen molar-refractivity contribution in [3.05, 3.63) is 41.0 Å². The summed E-state index contributed by atoms with van der Waals surface area (Å²) < 4.78 is 17.6. The number of nitrogens with zero attached hydrogens (tertiary/aromatic N) is 3. The van der Waals surface area contributed by atoms with Gasteiger partial charge in [0.1, 0.15) is 11.6 Å². The second kappa shape index (κ2) is 6.76. The molecule has 108 valence electrons. The van der Waals surface area contributed by atoms with Crippen molar-refractivity contribution in [2.24, 2.45) is 0 Å². The quantitative estimate of drug-likeness (QED) is 0.887. The third kappa shape index (κ3) is 3.74. The van der Waals surface area contributed by atoms with Crippen molar-refractivity contribution in [1.82, 2.24) is 14.7 Å². The van der Waals surface area contributed by atoms with E-state index < -0.39 is 0 Å². The maximum atomic E-state index is 13.2. The van der Waals surface area contributed by atoms with Gasteiger partial charge in [0.2, 0.25) is 5.13 Å². The summed E-state index contributed by atoms with van der Waals surface area (Å²) in [6.07, 6.45) is 0.636. The normalized spacial score (nSPS) is 10.8. The van der Waals surface area contributed by atoms with Crippen LogP contribution < -0.4 is 10.2 Å². The maximum absolute atomic E-state index is 13.2. The molecule has 4 nitrogen and oxygen atoms in total. The van der Waals surface area contributed by atoms with Gasteiger partial charge >= 0.3 is 0 Å². The van der Waals surface area contributed by atoms with Crippen LogP contribution in [0.25, 0.3) is 0 Å². The lowest BCUT2D eigenvalue weighted by atomic mass is 10.1. The Bertz CT molecular complexity index is 570. The van der Waals surface area contributed by atoms with Gasteiger partial charge in [-0.25, -0.2) is 9.37 Å². The molecule has 1 aromatic carbocycles. The summed E-state index contributed by atoms with van der Waals surface area (Å²) in [5.74, 6) is 0.611. The summed E-state index contributed by atoms with van der Waals surface area (Å²) in [6, 6.07) is 5.13. The van der Waals surface area contributed by atoms with Crippen LogP contribution in [0, 0.1) is 12.7 Å². The van der Waals surface area contributed by atoms with Crippen LogP contribution in [0.1, 0.15) is 17.0 Å². The van der Waals surface area contributed by atoms with Crippen molar-refractivity contribution in [3.8, 4) is 0 Å². The van der Waals surface area contributed by atoms with Crippen LogP contribution >= 0.6 is 11.5 Å². The molecule has 0 unspecified atom stereocenters. The molecule has 1 heterocycles. The van der Waals surface area contributed by atoms with Gasteiger partial charge in [-0.3, -0.25) is 0 Å². The first kappa shape index (κ1) is 14.9. The summed E-state index contributed by atoms with van der Waals surface area (Å²) in [5, 5.41) is 4.02. The zero-order chi connectivity index (χ0) is 14.5. The lowest BCUT2D eigenvalue weighted by Crippen LogP contribution is -2.26. The highest BCUT2D eigenvalue weighted by Gasteiger charge is 2.09. The molecule has 0 aliphatic rings. The van der Waals surface area contributed by atoms with Crippen molar-refractivity contribution >= 4 is 16.7 Å². The molecule has 0 aliphatic heterocycles. The van der Waals surface area contributed by atoms with E-state index in [1.54, 1.807) is 13.0 Å². The monoisotopic (exact) mass is 294 g/mol. The number of hydrogen-bond acceptors (Lipinski definition) is 5. The van der Waals surface area contributed by atoms with Crippen molar-refractivity contribution in [2.75, 3.05) is 32.1 Å². The standard InChI is InChI=1S/C14H19FN4S/c1-10-8-11(4-5-12(10)15)9-13-17-14(20-18-13)19(3)7-6-16-2/h4-5,8,16H,6-7,9H2,1-3H3. The molecule has 0 saturated heterocycles. The smallest absolute Gasteiger partial charge is 0.204 e. The van der Waals surface area contributed by atoms with Crippen LogP contribution in [-0.2, 0) is 6.42 Å². The predicted molar refractivity (Wildman–Crippen MR) is 81.0 cm³/mol. The molecule has 0 amide bonds. The fraction of sp³-hybridized carbons (Fsp3) is 0.429. The van der Waals surface area contributed by atoms with E-state index in [0.29, 0.717) is 12.0 Å². The Hall–Kier alpha value is -1.53. The Morgan fingerprint density at radius 3 is 2.90 bits per heavy atom. The number of rotatable bonds is 6. The third-order valence-corrected chi connectivity index (χ3v) is 3.93. The van der Waals surface area contributed by atoms with E-state index in [1.807, 2.05) is 20.2 Å². The average molecular weight is 294 g/mol. The van der Waals surface area contributed by atoms with Crippen molar-refractivity contribution in [3.63, 3.8) is 0 Å². The number of aryl methyl sites for hydroxylation is 1. The number of hydrogen-bond donors (Lipinski definition) is 1. The van der Waals surface area contributed by atoms with E-state index in [0.717, 1.165) is 29.6 Å². The third-order valence-electron chi connectivity index (χ3n) is 3.07. The highest BCUT2D eigenvalue weighted by molar-refractivity contribution is 7.09. The first-order valence-electron chi connectivity index (χ1n) is 6.53. The van der Waals surface area contributed by atoms with Crippen LogP contribution in [0.2, 0.25) is 0 Å². The average Bonchev–Trinajstić information content (AvgIpc) is 2.89. The van der Waals surface area contributed by atoms with Gasteiger partial charge in [-0.1, -0.05) is 12.1 Å². The minimum atomic E-state index is -0.174. The first-order valence-corrected chi connectivity index (χ1v) is 7.31. The fourth-order valence-corrected chi connectivity index (χ4v) is 2.52. The van der Waals surface area contributed by atoms with Crippen LogP contribution in [0.4, 0.5) is 9.52 Å². The molecule has 0 aliphatic carbocycles. The Morgan fingerprint density at radius 1 is 1.40 bits per heavy atom. The summed E-state index contributed by atoms with van der Waals surface area (Å²) in [7, 11) is 3.93. The molecule has 6 heteroatoms. The number of benzene rings is 1. The highest BCUT2D eigenvalue weighted by Crippen LogP contribution is 2.18. The highest BCUT2D eigenvalue weighted by atomic mass is 32.1. The van der Waals surface area contributed by atoms with E-state index in [4.69, 9.17) is 0 Å². The van der Waals surface area contributed by atoms with E-state index in [9.17, 15) is 4.39 Å². The van der Waals surface area contributed by atoms with Crippen molar-refractivity contribution in [1.29, 1.82) is 0 Å². The second-order valence-electron chi connectivity index (χ2n) is 4.78. The van der Waals surface area contributed by atoms with E-state index >= 15 is 0 Å². The molecule has 1 aromatic heterocycles. The molecule has 0 fully saturated rings. The van der Waals surface area contributed by atoms with E-state index in [1.165, 1.54) is 17.6 Å².